The number of rotatable bonds is 5. The first kappa shape index (κ1) is 16.4. The van der Waals surface area contributed by atoms with Crippen molar-refractivity contribution in [3.63, 3.8) is 0 Å². The highest BCUT2D eigenvalue weighted by atomic mass is 32.2. The van der Waals surface area contributed by atoms with Gasteiger partial charge in [-0.15, -0.1) is 11.3 Å². The van der Waals surface area contributed by atoms with Crippen LogP contribution >= 0.6 is 11.3 Å². The van der Waals surface area contributed by atoms with Gasteiger partial charge in [-0.25, -0.2) is 8.42 Å². The summed E-state index contributed by atoms with van der Waals surface area (Å²) in [5, 5.41) is 9.71. The lowest BCUT2D eigenvalue weighted by Crippen LogP contribution is -2.48. The van der Waals surface area contributed by atoms with Crippen LogP contribution in [0.2, 0.25) is 0 Å². The molecule has 0 radical (unpaired) electrons. The molecule has 1 aliphatic heterocycles. The van der Waals surface area contributed by atoms with Crippen LogP contribution < -0.4 is 0 Å². The fourth-order valence-electron chi connectivity index (χ4n) is 2.84. The van der Waals surface area contributed by atoms with E-state index in [1.54, 1.807) is 25.2 Å². The zero-order valence-electron chi connectivity index (χ0n) is 13.7. The Balaban J connectivity index is 1.45. The van der Waals surface area contributed by atoms with Crippen LogP contribution in [0.4, 0.5) is 0 Å². The van der Waals surface area contributed by atoms with Gasteiger partial charge in [0.05, 0.1) is 5.92 Å². The number of hydrogen-bond acceptors (Lipinski definition) is 8. The topological polar surface area (TPSA) is 102 Å². The minimum Gasteiger partial charge on any atom is -0.360 e. The summed E-state index contributed by atoms with van der Waals surface area (Å²) in [6, 6.07) is 3.99. The number of hydrogen-bond donors (Lipinski definition) is 0. The van der Waals surface area contributed by atoms with E-state index < -0.39 is 10.0 Å². The molecule has 0 N–H and O–H groups in total. The van der Waals surface area contributed by atoms with Gasteiger partial charge < -0.3 is 9.05 Å². The Hall–Kier alpha value is -2.04. The maximum Gasteiger partial charge on any atom is 0.248 e. The van der Waals surface area contributed by atoms with E-state index in [0.717, 1.165) is 4.88 Å². The fraction of sp³-hybridized carbons (Fsp3) is 0.400. The molecule has 0 spiro atoms. The third-order valence-corrected chi connectivity index (χ3v) is 7.11. The van der Waals surface area contributed by atoms with E-state index in [-0.39, 0.29) is 10.8 Å². The first-order valence-corrected chi connectivity index (χ1v) is 10.0. The fourth-order valence-corrected chi connectivity index (χ4v) is 5.36. The third-order valence-electron chi connectivity index (χ3n) is 4.16. The standard InChI is InChI=1S/C15H16N4O4S2/c1-9-14(10(2)22-17-9)25(20,21)19-7-11(8-19)15-16-13(18-23-15)6-12-4-3-5-24-12/h3-5,11H,6-8H2,1-2H3. The van der Waals surface area contributed by atoms with Crippen molar-refractivity contribution < 1.29 is 17.5 Å². The highest BCUT2D eigenvalue weighted by Crippen LogP contribution is 2.33. The van der Waals surface area contributed by atoms with Gasteiger partial charge in [0.2, 0.25) is 15.9 Å². The molecule has 132 valence electrons. The smallest absolute Gasteiger partial charge is 0.248 e. The molecule has 10 heteroatoms. The predicted molar refractivity (Wildman–Crippen MR) is 88.9 cm³/mol. The minimum absolute atomic E-state index is 0.0835. The van der Waals surface area contributed by atoms with Gasteiger partial charge in [0.15, 0.2) is 11.6 Å². The summed E-state index contributed by atoms with van der Waals surface area (Å²) < 4.78 is 37.0. The Kier molecular flexibility index (Phi) is 3.97. The molecule has 4 heterocycles. The Morgan fingerprint density at radius 3 is 2.72 bits per heavy atom. The molecule has 1 saturated heterocycles. The highest BCUT2D eigenvalue weighted by molar-refractivity contribution is 7.89. The van der Waals surface area contributed by atoms with E-state index in [1.165, 1.54) is 4.31 Å². The minimum atomic E-state index is -3.61. The van der Waals surface area contributed by atoms with E-state index in [1.807, 2.05) is 17.5 Å². The Morgan fingerprint density at radius 2 is 2.08 bits per heavy atom. The first-order valence-electron chi connectivity index (χ1n) is 7.73. The molecule has 0 atom stereocenters. The maximum absolute atomic E-state index is 12.7. The van der Waals surface area contributed by atoms with Crippen LogP contribution in [0.25, 0.3) is 0 Å². The third kappa shape index (κ3) is 2.90. The van der Waals surface area contributed by atoms with Crippen LogP contribution in [0.5, 0.6) is 0 Å². The average Bonchev–Trinajstić information content (AvgIpc) is 3.21. The summed E-state index contributed by atoms with van der Waals surface area (Å²) in [7, 11) is -3.61. The summed E-state index contributed by atoms with van der Waals surface area (Å²) in [6.07, 6.45) is 0.620. The normalized spacial score (nSPS) is 16.2. The number of aryl methyl sites for hydroxylation is 2. The first-order chi connectivity index (χ1) is 11.9. The SMILES string of the molecule is Cc1noc(C)c1S(=O)(=O)N1CC(c2nc(Cc3cccs3)no2)C1. The van der Waals surface area contributed by atoms with Crippen molar-refractivity contribution in [2.75, 3.05) is 13.1 Å². The summed E-state index contributed by atoms with van der Waals surface area (Å²) >= 11 is 1.64. The van der Waals surface area contributed by atoms with Gasteiger partial charge in [0.1, 0.15) is 10.6 Å². The molecule has 0 bridgehead atoms. The largest absolute Gasteiger partial charge is 0.360 e. The second-order valence-corrected chi connectivity index (χ2v) is 8.88. The van der Waals surface area contributed by atoms with E-state index >= 15 is 0 Å². The molecule has 0 aromatic carbocycles. The van der Waals surface area contributed by atoms with Crippen LogP contribution in [0, 0.1) is 13.8 Å². The van der Waals surface area contributed by atoms with E-state index in [4.69, 9.17) is 9.05 Å². The molecule has 0 unspecified atom stereocenters. The Labute approximate surface area is 148 Å². The van der Waals surface area contributed by atoms with Gasteiger partial charge in [-0.1, -0.05) is 16.4 Å². The molecule has 8 nitrogen and oxygen atoms in total. The number of sulfonamides is 1. The van der Waals surface area contributed by atoms with Crippen molar-refractivity contribution in [2.24, 2.45) is 0 Å². The lowest BCUT2D eigenvalue weighted by molar-refractivity contribution is 0.216. The summed E-state index contributed by atoms with van der Waals surface area (Å²) in [5.74, 6) is 1.32. The van der Waals surface area contributed by atoms with Gasteiger partial charge in [-0.3, -0.25) is 0 Å². The van der Waals surface area contributed by atoms with Crippen molar-refractivity contribution in [1.29, 1.82) is 0 Å². The van der Waals surface area contributed by atoms with Crippen molar-refractivity contribution in [1.82, 2.24) is 19.6 Å². The van der Waals surface area contributed by atoms with Crippen LogP contribution in [0.3, 0.4) is 0 Å². The van der Waals surface area contributed by atoms with E-state index in [0.29, 0.717) is 42.7 Å². The predicted octanol–water partition coefficient (Wildman–Crippen LogP) is 2.11. The molecule has 3 aromatic heterocycles. The van der Waals surface area contributed by atoms with Crippen molar-refractivity contribution in [2.45, 2.75) is 31.1 Å². The molecule has 1 fully saturated rings. The molecular weight excluding hydrogens is 364 g/mol. The van der Waals surface area contributed by atoms with Gasteiger partial charge in [-0.2, -0.15) is 9.29 Å². The lowest BCUT2D eigenvalue weighted by atomic mass is 10.0. The van der Waals surface area contributed by atoms with Crippen LogP contribution in [-0.4, -0.2) is 41.1 Å². The van der Waals surface area contributed by atoms with Crippen LogP contribution in [0.1, 0.15) is 34.0 Å². The summed E-state index contributed by atoms with van der Waals surface area (Å²) in [5.41, 5.74) is 0.372. The quantitative estimate of drug-likeness (QED) is 0.668. The van der Waals surface area contributed by atoms with Gasteiger partial charge >= 0.3 is 0 Å². The van der Waals surface area contributed by atoms with Crippen molar-refractivity contribution in [3.05, 3.63) is 45.6 Å². The molecule has 1 aliphatic rings. The van der Waals surface area contributed by atoms with Gasteiger partial charge in [0, 0.05) is 24.4 Å². The summed E-state index contributed by atoms with van der Waals surface area (Å²) in [4.78, 5) is 5.70. The molecule has 0 amide bonds. The lowest BCUT2D eigenvalue weighted by Gasteiger charge is -2.35. The zero-order chi connectivity index (χ0) is 17.6. The van der Waals surface area contributed by atoms with Crippen molar-refractivity contribution in [3.8, 4) is 0 Å². The number of nitrogens with zero attached hydrogens (tertiary/aromatic N) is 4. The van der Waals surface area contributed by atoms with E-state index in [2.05, 4.69) is 15.3 Å². The van der Waals surface area contributed by atoms with Gasteiger partial charge in [0.25, 0.3) is 0 Å². The molecule has 4 rings (SSSR count). The maximum atomic E-state index is 12.7. The van der Waals surface area contributed by atoms with Gasteiger partial charge in [-0.05, 0) is 25.3 Å². The molecule has 0 aliphatic carbocycles. The zero-order valence-corrected chi connectivity index (χ0v) is 15.3. The Morgan fingerprint density at radius 1 is 1.28 bits per heavy atom. The second kappa shape index (κ2) is 6.04. The van der Waals surface area contributed by atoms with Crippen molar-refractivity contribution >= 4 is 21.4 Å². The molecule has 0 saturated carbocycles. The summed E-state index contributed by atoms with van der Waals surface area (Å²) in [6.45, 7) is 3.84. The molecular formula is C15H16N4O4S2. The number of aromatic nitrogens is 3. The number of thiophene rings is 1. The molecule has 25 heavy (non-hydrogen) atoms. The average molecular weight is 380 g/mol. The van der Waals surface area contributed by atoms with E-state index in [9.17, 15) is 8.42 Å². The molecule has 3 aromatic rings. The monoisotopic (exact) mass is 380 g/mol. The highest BCUT2D eigenvalue weighted by Gasteiger charge is 2.42. The van der Waals surface area contributed by atoms with Crippen LogP contribution in [0.15, 0.2) is 31.5 Å². The van der Waals surface area contributed by atoms with Crippen LogP contribution in [-0.2, 0) is 16.4 Å². The second-order valence-electron chi connectivity index (χ2n) is 5.98. The Bertz CT molecular complexity index is 965.